The van der Waals surface area contributed by atoms with Gasteiger partial charge in [0.2, 0.25) is 0 Å². The molecule has 0 saturated carbocycles. The number of benzene rings is 2. The van der Waals surface area contributed by atoms with Crippen LogP contribution in [0.15, 0.2) is 36.4 Å². The van der Waals surface area contributed by atoms with Crippen molar-refractivity contribution in [1.82, 2.24) is 9.80 Å². The van der Waals surface area contributed by atoms with Crippen molar-refractivity contribution in [3.63, 3.8) is 0 Å². The Morgan fingerprint density at radius 2 is 1.70 bits per heavy atom. The van der Waals surface area contributed by atoms with Gasteiger partial charge in [0.05, 0.1) is 12.7 Å². The second kappa shape index (κ2) is 9.85. The van der Waals surface area contributed by atoms with Crippen molar-refractivity contribution in [3.8, 4) is 11.5 Å². The van der Waals surface area contributed by atoms with E-state index in [2.05, 4.69) is 0 Å². The van der Waals surface area contributed by atoms with E-state index in [1.165, 1.54) is 12.7 Å². The molecule has 0 aliphatic carbocycles. The van der Waals surface area contributed by atoms with E-state index < -0.39 is 0 Å². The molecule has 160 valence electrons. The smallest absolute Gasteiger partial charge is 0.260 e. The summed E-state index contributed by atoms with van der Waals surface area (Å²) >= 11 is 6.06. The molecule has 0 N–H and O–H groups in total. The largest absolute Gasteiger partial charge is 0.496 e. The Morgan fingerprint density at radius 1 is 0.967 bits per heavy atom. The van der Waals surface area contributed by atoms with Gasteiger partial charge in [-0.2, -0.15) is 0 Å². The Morgan fingerprint density at radius 3 is 2.43 bits per heavy atom. The highest BCUT2D eigenvalue weighted by molar-refractivity contribution is 6.31. The number of nitrogens with zero attached hydrogens (tertiary/aromatic N) is 2. The van der Waals surface area contributed by atoms with Crippen LogP contribution in [0.3, 0.4) is 0 Å². The molecule has 0 spiro atoms. The summed E-state index contributed by atoms with van der Waals surface area (Å²) in [4.78, 5) is 29.1. The average Bonchev–Trinajstić information content (AvgIpc) is 3.00. The summed E-state index contributed by atoms with van der Waals surface area (Å²) < 4.78 is 11.0. The van der Waals surface area contributed by atoms with Crippen molar-refractivity contribution >= 4 is 23.4 Å². The Kier molecular flexibility index (Phi) is 7.21. The fourth-order valence-electron chi connectivity index (χ4n) is 3.43. The third kappa shape index (κ3) is 5.25. The summed E-state index contributed by atoms with van der Waals surface area (Å²) in [5.41, 5.74) is 2.74. The van der Waals surface area contributed by atoms with Crippen LogP contribution in [-0.2, 0) is 4.79 Å². The minimum atomic E-state index is -0.143. The molecular weight excluding hydrogens is 404 g/mol. The quantitative estimate of drug-likeness (QED) is 0.725. The van der Waals surface area contributed by atoms with Gasteiger partial charge in [-0.25, -0.2) is 0 Å². The van der Waals surface area contributed by atoms with Crippen molar-refractivity contribution in [2.75, 3.05) is 39.9 Å². The Hall–Kier alpha value is -2.73. The molecule has 6 nitrogen and oxygen atoms in total. The third-order valence-electron chi connectivity index (χ3n) is 5.37. The number of rotatable bonds is 5. The summed E-state index contributed by atoms with van der Waals surface area (Å²) in [7, 11) is 1.53. The first-order valence-corrected chi connectivity index (χ1v) is 10.4. The lowest BCUT2D eigenvalue weighted by Crippen LogP contribution is -2.39. The molecule has 1 aliphatic rings. The topological polar surface area (TPSA) is 59.1 Å². The first-order valence-electron chi connectivity index (χ1n) is 9.99. The number of halogens is 1. The molecule has 1 fully saturated rings. The molecule has 2 aromatic carbocycles. The van der Waals surface area contributed by atoms with Gasteiger partial charge in [0, 0.05) is 31.2 Å². The van der Waals surface area contributed by atoms with Crippen molar-refractivity contribution in [2.24, 2.45) is 0 Å². The molecule has 2 amide bonds. The van der Waals surface area contributed by atoms with Crippen LogP contribution in [0.5, 0.6) is 11.5 Å². The minimum Gasteiger partial charge on any atom is -0.496 e. The summed E-state index contributed by atoms with van der Waals surface area (Å²) in [5, 5.41) is 0.481. The van der Waals surface area contributed by atoms with Crippen molar-refractivity contribution < 1.29 is 19.1 Å². The predicted octanol–water partition coefficient (Wildman–Crippen LogP) is 3.72. The van der Waals surface area contributed by atoms with Crippen LogP contribution in [0.1, 0.15) is 27.9 Å². The molecule has 0 radical (unpaired) electrons. The highest BCUT2D eigenvalue weighted by Crippen LogP contribution is 2.24. The molecule has 3 rings (SSSR count). The number of amides is 2. The third-order valence-corrected chi connectivity index (χ3v) is 5.60. The lowest BCUT2D eigenvalue weighted by molar-refractivity contribution is -0.133. The normalized spacial score (nSPS) is 14.3. The molecule has 1 aliphatic heterocycles. The van der Waals surface area contributed by atoms with Gasteiger partial charge in [0.25, 0.3) is 11.8 Å². The van der Waals surface area contributed by atoms with Gasteiger partial charge in [-0.05, 0) is 61.7 Å². The van der Waals surface area contributed by atoms with Crippen LogP contribution in [0.25, 0.3) is 0 Å². The summed E-state index contributed by atoms with van der Waals surface area (Å²) in [6.07, 6.45) is 0.698. The molecule has 30 heavy (non-hydrogen) atoms. The standard InChI is InChI=1S/C23H27ClN2O4/c1-16-5-7-19(13-17(16)2)30-15-22(27)25-9-4-10-26(12-11-25)23(28)20-14-18(24)6-8-21(20)29-3/h5-8,13-14H,4,9-12,15H2,1-3H3. The van der Waals surface area contributed by atoms with Gasteiger partial charge >= 0.3 is 0 Å². The van der Waals surface area contributed by atoms with Crippen LogP contribution < -0.4 is 9.47 Å². The molecule has 0 unspecified atom stereocenters. The first kappa shape index (κ1) is 22.0. The second-order valence-corrected chi connectivity index (χ2v) is 7.84. The predicted molar refractivity (Wildman–Crippen MR) is 117 cm³/mol. The van der Waals surface area contributed by atoms with Gasteiger partial charge in [-0.15, -0.1) is 0 Å². The Bertz CT molecular complexity index is 931. The van der Waals surface area contributed by atoms with Gasteiger partial charge < -0.3 is 19.3 Å². The molecule has 0 bridgehead atoms. The van der Waals surface area contributed by atoms with E-state index in [4.69, 9.17) is 21.1 Å². The SMILES string of the molecule is COc1ccc(Cl)cc1C(=O)N1CCCN(C(=O)COc2ccc(C)c(C)c2)CC1. The average molecular weight is 431 g/mol. The van der Waals surface area contributed by atoms with E-state index in [1.807, 2.05) is 32.0 Å². The van der Waals surface area contributed by atoms with Crippen LogP contribution in [0.4, 0.5) is 0 Å². The van der Waals surface area contributed by atoms with Crippen LogP contribution in [-0.4, -0.2) is 61.5 Å². The lowest BCUT2D eigenvalue weighted by Gasteiger charge is -2.23. The first-order chi connectivity index (χ1) is 14.4. The zero-order valence-electron chi connectivity index (χ0n) is 17.6. The molecule has 1 heterocycles. The number of carbonyl (C=O) groups is 2. The summed E-state index contributed by atoms with van der Waals surface area (Å²) in [6.45, 7) is 6.10. The number of ether oxygens (including phenoxy) is 2. The van der Waals surface area contributed by atoms with Crippen LogP contribution in [0, 0.1) is 13.8 Å². The highest BCUT2D eigenvalue weighted by Gasteiger charge is 2.25. The van der Waals surface area contributed by atoms with Gasteiger partial charge in [-0.3, -0.25) is 9.59 Å². The van der Waals surface area contributed by atoms with Crippen molar-refractivity contribution in [2.45, 2.75) is 20.3 Å². The molecule has 1 saturated heterocycles. The van der Waals surface area contributed by atoms with E-state index in [9.17, 15) is 9.59 Å². The summed E-state index contributed by atoms with van der Waals surface area (Å²) in [6, 6.07) is 10.8. The fraction of sp³-hybridized carbons (Fsp3) is 0.391. The van der Waals surface area contributed by atoms with Crippen molar-refractivity contribution in [3.05, 3.63) is 58.1 Å². The Balaban J connectivity index is 1.59. The maximum Gasteiger partial charge on any atom is 0.260 e. The van der Waals surface area contributed by atoms with E-state index >= 15 is 0 Å². The maximum absolute atomic E-state index is 13.0. The minimum absolute atomic E-state index is 0.0153. The molecule has 0 atom stereocenters. The fourth-order valence-corrected chi connectivity index (χ4v) is 3.60. The van der Waals surface area contributed by atoms with E-state index in [-0.39, 0.29) is 18.4 Å². The number of hydrogen-bond donors (Lipinski definition) is 0. The van der Waals surface area contributed by atoms with E-state index in [0.717, 1.165) is 5.56 Å². The number of methoxy groups -OCH3 is 1. The molecule has 2 aromatic rings. The molecule has 0 aromatic heterocycles. The lowest BCUT2D eigenvalue weighted by atomic mass is 10.1. The van der Waals surface area contributed by atoms with Gasteiger partial charge in [0.15, 0.2) is 6.61 Å². The maximum atomic E-state index is 13.0. The van der Waals surface area contributed by atoms with Crippen molar-refractivity contribution in [1.29, 1.82) is 0 Å². The number of hydrogen-bond acceptors (Lipinski definition) is 4. The van der Waals surface area contributed by atoms with Gasteiger partial charge in [-0.1, -0.05) is 17.7 Å². The number of carbonyl (C=O) groups excluding carboxylic acids is 2. The van der Waals surface area contributed by atoms with Gasteiger partial charge in [0.1, 0.15) is 11.5 Å². The van der Waals surface area contributed by atoms with E-state index in [0.29, 0.717) is 54.7 Å². The zero-order chi connectivity index (χ0) is 21.7. The zero-order valence-corrected chi connectivity index (χ0v) is 18.4. The Labute approximate surface area is 182 Å². The molecule has 7 heteroatoms. The van der Waals surface area contributed by atoms with Crippen LogP contribution in [0.2, 0.25) is 5.02 Å². The monoisotopic (exact) mass is 430 g/mol. The van der Waals surface area contributed by atoms with Crippen LogP contribution >= 0.6 is 11.6 Å². The molecular formula is C23H27ClN2O4. The summed E-state index contributed by atoms with van der Waals surface area (Å²) in [5.74, 6) is 0.951. The number of aryl methyl sites for hydroxylation is 2. The van der Waals surface area contributed by atoms with E-state index in [1.54, 1.807) is 28.0 Å². The second-order valence-electron chi connectivity index (χ2n) is 7.41. The highest BCUT2D eigenvalue weighted by atomic mass is 35.5.